The van der Waals surface area contributed by atoms with Crippen molar-refractivity contribution in [2.75, 3.05) is 44.2 Å². The fourth-order valence-corrected chi connectivity index (χ4v) is 5.24. The first-order valence-corrected chi connectivity index (χ1v) is 13.1. The first kappa shape index (κ1) is 25.2. The number of anilines is 1. The number of piperidine rings is 2. The van der Waals surface area contributed by atoms with Crippen LogP contribution in [0.3, 0.4) is 0 Å². The number of carbonyl (C=O) groups excluding carboxylic acids is 2. The van der Waals surface area contributed by atoms with Crippen LogP contribution in [-0.4, -0.2) is 71.9 Å². The van der Waals surface area contributed by atoms with Gasteiger partial charge in [-0.1, -0.05) is 36.4 Å². The summed E-state index contributed by atoms with van der Waals surface area (Å²) in [6.07, 6.45) is 3.76. The molecule has 2 fully saturated rings. The minimum Gasteiger partial charge on any atom is -0.356 e. The lowest BCUT2D eigenvalue weighted by molar-refractivity contribution is -0.135. The molecule has 188 valence electrons. The minimum absolute atomic E-state index is 0.0102. The number of nitrogens with one attached hydrogen (secondary N) is 1. The van der Waals surface area contributed by atoms with Crippen LogP contribution in [-0.2, 0) is 11.3 Å². The van der Waals surface area contributed by atoms with E-state index in [1.807, 2.05) is 36.9 Å². The highest BCUT2D eigenvalue weighted by atomic mass is 16.2. The molecule has 35 heavy (non-hydrogen) atoms. The number of benzene rings is 1. The summed E-state index contributed by atoms with van der Waals surface area (Å²) in [5.41, 5.74) is 1.78. The lowest BCUT2D eigenvalue weighted by atomic mass is 9.96. The van der Waals surface area contributed by atoms with Crippen molar-refractivity contribution in [1.29, 1.82) is 0 Å². The molecule has 0 saturated carbocycles. The number of carbonyl (C=O) groups is 2. The van der Waals surface area contributed by atoms with Gasteiger partial charge in [-0.3, -0.25) is 14.5 Å². The zero-order valence-electron chi connectivity index (χ0n) is 21.2. The molecular weight excluding hydrogens is 438 g/mol. The average Bonchev–Trinajstić information content (AvgIpc) is 2.91. The smallest absolute Gasteiger partial charge is 0.270 e. The maximum absolute atomic E-state index is 13.0. The monoisotopic (exact) mass is 477 g/mol. The molecule has 2 aliphatic heterocycles. The van der Waals surface area contributed by atoms with Crippen LogP contribution < -0.4 is 10.2 Å². The molecule has 4 rings (SSSR count). The van der Waals surface area contributed by atoms with Gasteiger partial charge < -0.3 is 15.1 Å². The molecule has 2 saturated heterocycles. The van der Waals surface area contributed by atoms with Crippen molar-refractivity contribution in [2.24, 2.45) is 5.92 Å². The van der Waals surface area contributed by atoms with Gasteiger partial charge >= 0.3 is 0 Å². The molecule has 1 aromatic carbocycles. The fourth-order valence-electron chi connectivity index (χ4n) is 5.24. The highest BCUT2D eigenvalue weighted by Crippen LogP contribution is 2.24. The Hall–Kier alpha value is -2.93. The Morgan fingerprint density at radius 3 is 2.43 bits per heavy atom. The number of likely N-dealkylation sites (tertiary alicyclic amines) is 1. The zero-order valence-corrected chi connectivity index (χ0v) is 21.2. The normalized spacial score (nSPS) is 19.4. The SMILES string of the molecule is CCN(CC)C(=O)C1CCCN(c2cccc(C(=O)NC3CCN(Cc4ccccc4)CC3)n2)C1. The third kappa shape index (κ3) is 6.60. The van der Waals surface area contributed by atoms with E-state index < -0.39 is 0 Å². The Labute approximate surface area is 209 Å². The summed E-state index contributed by atoms with van der Waals surface area (Å²) < 4.78 is 0. The number of amides is 2. The number of hydrogen-bond donors (Lipinski definition) is 1. The molecule has 0 bridgehead atoms. The van der Waals surface area contributed by atoms with Gasteiger partial charge in [0.2, 0.25) is 5.91 Å². The Morgan fingerprint density at radius 2 is 1.71 bits per heavy atom. The number of hydrogen-bond acceptors (Lipinski definition) is 5. The quantitative estimate of drug-likeness (QED) is 0.630. The van der Waals surface area contributed by atoms with Crippen molar-refractivity contribution >= 4 is 17.6 Å². The van der Waals surface area contributed by atoms with Crippen molar-refractivity contribution in [3.8, 4) is 0 Å². The fraction of sp³-hybridized carbons (Fsp3) is 0.536. The van der Waals surface area contributed by atoms with Crippen LogP contribution in [0.25, 0.3) is 0 Å². The van der Waals surface area contributed by atoms with Gasteiger partial charge in [0.25, 0.3) is 5.91 Å². The van der Waals surface area contributed by atoms with E-state index in [9.17, 15) is 9.59 Å². The summed E-state index contributed by atoms with van der Waals surface area (Å²) in [6.45, 7) is 9.96. The number of rotatable bonds is 8. The lowest BCUT2D eigenvalue weighted by Gasteiger charge is -2.35. The van der Waals surface area contributed by atoms with Gasteiger partial charge in [0.05, 0.1) is 5.92 Å². The van der Waals surface area contributed by atoms with Gasteiger partial charge in [-0.25, -0.2) is 4.98 Å². The van der Waals surface area contributed by atoms with Crippen LogP contribution in [0, 0.1) is 5.92 Å². The van der Waals surface area contributed by atoms with Gasteiger partial charge in [0.15, 0.2) is 0 Å². The highest BCUT2D eigenvalue weighted by Gasteiger charge is 2.29. The average molecular weight is 478 g/mol. The predicted molar refractivity (Wildman–Crippen MR) is 139 cm³/mol. The van der Waals surface area contributed by atoms with E-state index in [0.717, 1.165) is 70.8 Å². The summed E-state index contributed by atoms with van der Waals surface area (Å²) in [5.74, 6) is 0.893. The molecule has 1 unspecified atom stereocenters. The van der Waals surface area contributed by atoms with E-state index in [4.69, 9.17) is 4.98 Å². The van der Waals surface area contributed by atoms with E-state index in [-0.39, 0.29) is 23.8 Å². The second-order valence-electron chi connectivity index (χ2n) is 9.69. The molecule has 0 spiro atoms. The summed E-state index contributed by atoms with van der Waals surface area (Å²) in [7, 11) is 0. The third-order valence-corrected chi connectivity index (χ3v) is 7.31. The van der Waals surface area contributed by atoms with Crippen molar-refractivity contribution in [3.63, 3.8) is 0 Å². The molecule has 1 atom stereocenters. The largest absolute Gasteiger partial charge is 0.356 e. The molecule has 1 aromatic heterocycles. The van der Waals surface area contributed by atoms with Crippen molar-refractivity contribution < 1.29 is 9.59 Å². The van der Waals surface area contributed by atoms with E-state index >= 15 is 0 Å². The second kappa shape index (κ2) is 12.2. The predicted octanol–water partition coefficient (Wildman–Crippen LogP) is 3.56. The Kier molecular flexibility index (Phi) is 8.74. The van der Waals surface area contributed by atoms with Gasteiger partial charge in [-0.15, -0.1) is 0 Å². The van der Waals surface area contributed by atoms with Crippen molar-refractivity contribution in [2.45, 2.75) is 52.1 Å². The molecule has 7 nitrogen and oxygen atoms in total. The van der Waals surface area contributed by atoms with Crippen molar-refractivity contribution in [1.82, 2.24) is 20.1 Å². The topological polar surface area (TPSA) is 68.8 Å². The first-order chi connectivity index (χ1) is 17.1. The van der Waals surface area contributed by atoms with Crippen molar-refractivity contribution in [3.05, 3.63) is 59.8 Å². The summed E-state index contributed by atoms with van der Waals surface area (Å²) in [6, 6.07) is 16.3. The highest BCUT2D eigenvalue weighted by molar-refractivity contribution is 5.92. The zero-order chi connectivity index (χ0) is 24.6. The third-order valence-electron chi connectivity index (χ3n) is 7.31. The van der Waals surface area contributed by atoms with Crippen LogP contribution in [0.15, 0.2) is 48.5 Å². The minimum atomic E-state index is -0.110. The van der Waals surface area contributed by atoms with Gasteiger partial charge in [0.1, 0.15) is 11.5 Å². The summed E-state index contributed by atoms with van der Waals surface area (Å²) in [4.78, 5) is 37.1. The molecule has 1 N–H and O–H groups in total. The van der Waals surface area contributed by atoms with E-state index in [1.54, 1.807) is 6.07 Å². The van der Waals surface area contributed by atoms with Gasteiger partial charge in [-0.05, 0) is 57.2 Å². The molecule has 2 aliphatic rings. The van der Waals surface area contributed by atoms with E-state index in [1.165, 1.54) is 5.56 Å². The number of pyridine rings is 1. The van der Waals surface area contributed by atoms with Crippen LogP contribution in [0.1, 0.15) is 55.6 Å². The Balaban J connectivity index is 1.31. The molecule has 2 amide bonds. The van der Waals surface area contributed by atoms with E-state index in [2.05, 4.69) is 39.4 Å². The molecule has 0 aliphatic carbocycles. The standard InChI is InChI=1S/C28H39N5O2/c1-3-32(4-2)28(35)23-12-9-17-33(21-23)26-14-8-13-25(30-26)27(34)29-24-15-18-31(19-16-24)20-22-10-6-5-7-11-22/h5-8,10-11,13-14,23-24H,3-4,9,12,15-21H2,1-2H3,(H,29,34). The lowest BCUT2D eigenvalue weighted by Crippen LogP contribution is -2.45. The maximum Gasteiger partial charge on any atom is 0.270 e. The number of nitrogens with zero attached hydrogens (tertiary/aromatic N) is 4. The van der Waals surface area contributed by atoms with Crippen LogP contribution in [0.2, 0.25) is 0 Å². The van der Waals surface area contributed by atoms with Crippen LogP contribution >= 0.6 is 0 Å². The molecular formula is C28H39N5O2. The van der Waals surface area contributed by atoms with Crippen LogP contribution in [0.4, 0.5) is 5.82 Å². The molecule has 2 aromatic rings. The Morgan fingerprint density at radius 1 is 0.971 bits per heavy atom. The number of aromatic nitrogens is 1. The Bertz CT molecular complexity index is 970. The van der Waals surface area contributed by atoms with Gasteiger partial charge in [0, 0.05) is 51.9 Å². The summed E-state index contributed by atoms with van der Waals surface area (Å²) >= 11 is 0. The van der Waals surface area contributed by atoms with Crippen LogP contribution in [0.5, 0.6) is 0 Å². The molecule has 3 heterocycles. The first-order valence-electron chi connectivity index (χ1n) is 13.1. The summed E-state index contributed by atoms with van der Waals surface area (Å²) in [5, 5.41) is 3.20. The van der Waals surface area contributed by atoms with E-state index in [0.29, 0.717) is 12.2 Å². The maximum atomic E-state index is 13.0. The molecule has 0 radical (unpaired) electrons. The molecule has 7 heteroatoms. The second-order valence-corrected chi connectivity index (χ2v) is 9.69. The van der Waals surface area contributed by atoms with Gasteiger partial charge in [-0.2, -0.15) is 0 Å².